The van der Waals surface area contributed by atoms with Crippen LogP contribution in [-0.4, -0.2) is 0 Å². The van der Waals surface area contributed by atoms with E-state index in [2.05, 4.69) is 40.3 Å². The van der Waals surface area contributed by atoms with Gasteiger partial charge in [-0.2, -0.15) is 0 Å². The molecular formula is C12H21N. The first-order valence-corrected chi connectivity index (χ1v) is 4.62. The summed E-state index contributed by atoms with van der Waals surface area (Å²) in [4.78, 5) is 0. The van der Waals surface area contributed by atoms with Crippen molar-refractivity contribution in [2.24, 2.45) is 11.1 Å². The third-order valence-electron chi connectivity index (χ3n) is 1.88. The van der Waals surface area contributed by atoms with Gasteiger partial charge in [0, 0.05) is 6.20 Å². The van der Waals surface area contributed by atoms with Crippen LogP contribution in [0.3, 0.4) is 0 Å². The van der Waals surface area contributed by atoms with Gasteiger partial charge in [0.05, 0.1) is 0 Å². The second-order valence-corrected chi connectivity index (χ2v) is 4.48. The van der Waals surface area contributed by atoms with Crippen LogP contribution in [0.2, 0.25) is 0 Å². The summed E-state index contributed by atoms with van der Waals surface area (Å²) in [7, 11) is 0. The SMILES string of the molecule is C=CC(=C/N)/C(C)=C\CC(C)(C)C. The fourth-order valence-corrected chi connectivity index (χ4v) is 0.938. The molecule has 0 aliphatic rings. The van der Waals surface area contributed by atoms with Gasteiger partial charge in [-0.1, -0.05) is 39.5 Å². The number of allylic oxidation sites excluding steroid dienone is 4. The van der Waals surface area contributed by atoms with Gasteiger partial charge in [-0.25, -0.2) is 0 Å². The zero-order valence-electron chi connectivity index (χ0n) is 9.22. The van der Waals surface area contributed by atoms with Gasteiger partial charge >= 0.3 is 0 Å². The Morgan fingerprint density at radius 1 is 1.38 bits per heavy atom. The molecule has 0 amide bonds. The number of hydrogen-bond donors (Lipinski definition) is 1. The summed E-state index contributed by atoms with van der Waals surface area (Å²) < 4.78 is 0. The van der Waals surface area contributed by atoms with Gasteiger partial charge in [-0.05, 0) is 29.9 Å². The van der Waals surface area contributed by atoms with Crippen LogP contribution in [0.5, 0.6) is 0 Å². The molecule has 0 heterocycles. The van der Waals surface area contributed by atoms with E-state index in [-0.39, 0.29) is 0 Å². The van der Waals surface area contributed by atoms with Gasteiger partial charge < -0.3 is 5.73 Å². The van der Waals surface area contributed by atoms with Gasteiger partial charge in [0.25, 0.3) is 0 Å². The van der Waals surface area contributed by atoms with E-state index in [9.17, 15) is 0 Å². The summed E-state index contributed by atoms with van der Waals surface area (Å²) in [6, 6.07) is 0. The van der Waals surface area contributed by atoms with Crippen LogP contribution in [0.15, 0.2) is 36.1 Å². The lowest BCUT2D eigenvalue weighted by atomic mass is 9.90. The lowest BCUT2D eigenvalue weighted by Crippen LogP contribution is -2.02. The van der Waals surface area contributed by atoms with E-state index in [0.29, 0.717) is 5.41 Å². The standard InChI is InChI=1S/C12H21N/c1-6-11(9-13)10(2)7-8-12(3,4)5/h6-7,9H,1,8,13H2,2-5H3/b10-7-,11-9-. The highest BCUT2D eigenvalue weighted by Crippen LogP contribution is 2.21. The van der Waals surface area contributed by atoms with Gasteiger partial charge in [0.2, 0.25) is 0 Å². The van der Waals surface area contributed by atoms with Crippen molar-refractivity contribution in [2.75, 3.05) is 0 Å². The maximum atomic E-state index is 5.45. The molecule has 1 nitrogen and oxygen atoms in total. The average Bonchev–Trinajstić information content (AvgIpc) is 2.02. The Kier molecular flexibility index (Phi) is 4.53. The molecule has 0 spiro atoms. The van der Waals surface area contributed by atoms with Crippen molar-refractivity contribution in [3.63, 3.8) is 0 Å². The molecule has 2 N–H and O–H groups in total. The molecule has 0 saturated heterocycles. The van der Waals surface area contributed by atoms with Crippen molar-refractivity contribution in [2.45, 2.75) is 34.1 Å². The van der Waals surface area contributed by atoms with Crippen LogP contribution in [0, 0.1) is 5.41 Å². The Labute approximate surface area is 82.0 Å². The van der Waals surface area contributed by atoms with Crippen molar-refractivity contribution in [1.82, 2.24) is 0 Å². The molecule has 0 radical (unpaired) electrons. The monoisotopic (exact) mass is 179 g/mol. The van der Waals surface area contributed by atoms with E-state index in [0.717, 1.165) is 12.0 Å². The quantitative estimate of drug-likeness (QED) is 0.660. The lowest BCUT2D eigenvalue weighted by Gasteiger charge is -2.15. The Hall–Kier alpha value is -0.980. The van der Waals surface area contributed by atoms with E-state index in [1.807, 2.05) is 0 Å². The largest absolute Gasteiger partial charge is 0.404 e. The molecule has 0 fully saturated rings. The number of nitrogens with two attached hydrogens (primary N) is 1. The van der Waals surface area contributed by atoms with Gasteiger partial charge in [0.15, 0.2) is 0 Å². The fraction of sp³-hybridized carbons (Fsp3) is 0.500. The molecule has 0 saturated carbocycles. The minimum Gasteiger partial charge on any atom is -0.404 e. The van der Waals surface area contributed by atoms with Crippen molar-refractivity contribution < 1.29 is 0 Å². The second kappa shape index (κ2) is 4.90. The maximum absolute atomic E-state index is 5.45. The third-order valence-corrected chi connectivity index (χ3v) is 1.88. The molecule has 0 aliphatic heterocycles. The minimum absolute atomic E-state index is 0.335. The highest BCUT2D eigenvalue weighted by Gasteiger charge is 2.07. The van der Waals surface area contributed by atoms with Crippen LogP contribution < -0.4 is 5.73 Å². The molecule has 0 aromatic heterocycles. The van der Waals surface area contributed by atoms with Gasteiger partial charge in [-0.3, -0.25) is 0 Å². The smallest absolute Gasteiger partial charge is 0.00138 e. The lowest BCUT2D eigenvalue weighted by molar-refractivity contribution is 0.420. The normalized spacial score (nSPS) is 14.5. The minimum atomic E-state index is 0.335. The summed E-state index contributed by atoms with van der Waals surface area (Å²) in [6.07, 6.45) is 6.65. The molecule has 0 aromatic rings. The zero-order valence-corrected chi connectivity index (χ0v) is 9.22. The highest BCUT2D eigenvalue weighted by atomic mass is 14.5. The van der Waals surface area contributed by atoms with Crippen molar-refractivity contribution >= 4 is 0 Å². The summed E-state index contributed by atoms with van der Waals surface area (Å²) >= 11 is 0. The topological polar surface area (TPSA) is 26.0 Å². The molecule has 0 unspecified atom stereocenters. The molecule has 0 atom stereocenters. The summed E-state index contributed by atoms with van der Waals surface area (Å²) in [5, 5.41) is 0. The van der Waals surface area contributed by atoms with Gasteiger partial charge in [0.1, 0.15) is 0 Å². The highest BCUT2D eigenvalue weighted by molar-refractivity contribution is 5.36. The van der Waals surface area contributed by atoms with Crippen LogP contribution in [0.25, 0.3) is 0 Å². The summed E-state index contributed by atoms with van der Waals surface area (Å²) in [5.41, 5.74) is 8.00. The van der Waals surface area contributed by atoms with E-state index in [1.165, 1.54) is 5.57 Å². The van der Waals surface area contributed by atoms with Crippen LogP contribution in [0.1, 0.15) is 34.1 Å². The Morgan fingerprint density at radius 2 is 1.92 bits per heavy atom. The van der Waals surface area contributed by atoms with Gasteiger partial charge in [-0.15, -0.1) is 0 Å². The van der Waals surface area contributed by atoms with Crippen molar-refractivity contribution in [3.05, 3.63) is 36.1 Å². The zero-order chi connectivity index (χ0) is 10.5. The summed E-state index contributed by atoms with van der Waals surface area (Å²) in [5.74, 6) is 0. The molecule has 0 aliphatic carbocycles. The molecule has 1 heteroatoms. The molecule has 74 valence electrons. The van der Waals surface area contributed by atoms with E-state index in [4.69, 9.17) is 5.73 Å². The Bertz CT molecular complexity index is 226. The average molecular weight is 179 g/mol. The Morgan fingerprint density at radius 3 is 2.23 bits per heavy atom. The molecule has 0 rings (SSSR count). The number of hydrogen-bond acceptors (Lipinski definition) is 1. The molecule has 0 aromatic carbocycles. The first kappa shape index (κ1) is 12.0. The maximum Gasteiger partial charge on any atom is 0.00138 e. The van der Waals surface area contributed by atoms with E-state index in [1.54, 1.807) is 12.3 Å². The first-order valence-electron chi connectivity index (χ1n) is 4.62. The van der Waals surface area contributed by atoms with Crippen LogP contribution in [0.4, 0.5) is 0 Å². The molecule has 13 heavy (non-hydrogen) atoms. The Balaban J connectivity index is 4.42. The van der Waals surface area contributed by atoms with E-state index >= 15 is 0 Å². The molecular weight excluding hydrogens is 158 g/mol. The first-order chi connectivity index (χ1) is 5.90. The second-order valence-electron chi connectivity index (χ2n) is 4.48. The summed E-state index contributed by atoms with van der Waals surface area (Å²) in [6.45, 7) is 12.4. The predicted octanol–water partition coefficient (Wildman–Crippen LogP) is 3.40. The predicted molar refractivity (Wildman–Crippen MR) is 60.3 cm³/mol. The van der Waals surface area contributed by atoms with Crippen LogP contribution in [-0.2, 0) is 0 Å². The van der Waals surface area contributed by atoms with Crippen molar-refractivity contribution in [1.29, 1.82) is 0 Å². The third kappa shape index (κ3) is 5.29. The number of rotatable bonds is 3. The van der Waals surface area contributed by atoms with Crippen LogP contribution >= 0.6 is 0 Å². The fourth-order valence-electron chi connectivity index (χ4n) is 0.938. The van der Waals surface area contributed by atoms with E-state index < -0.39 is 0 Å². The van der Waals surface area contributed by atoms with Crippen molar-refractivity contribution in [3.8, 4) is 0 Å². The molecule has 0 bridgehead atoms.